The van der Waals surface area contributed by atoms with E-state index in [9.17, 15) is 9.59 Å². The summed E-state index contributed by atoms with van der Waals surface area (Å²) in [6.45, 7) is 1.78. The Hall–Kier alpha value is -1.95. The van der Waals surface area contributed by atoms with E-state index in [0.717, 1.165) is 5.01 Å². The Morgan fingerprint density at radius 1 is 1.38 bits per heavy atom. The van der Waals surface area contributed by atoms with Gasteiger partial charge in [0, 0.05) is 6.20 Å². The van der Waals surface area contributed by atoms with Crippen LogP contribution in [0.2, 0.25) is 0 Å². The predicted octanol–water partition coefficient (Wildman–Crippen LogP) is 1.97. The Labute approximate surface area is 94.4 Å². The van der Waals surface area contributed by atoms with Crippen LogP contribution in [0, 0.1) is 6.92 Å². The number of nitrogens with zero attached hydrogens (tertiary/aromatic N) is 1. The zero-order valence-electron chi connectivity index (χ0n) is 8.26. The summed E-state index contributed by atoms with van der Waals surface area (Å²) >= 11 is 1.24. The van der Waals surface area contributed by atoms with Crippen molar-refractivity contribution in [2.45, 2.75) is 6.92 Å². The van der Waals surface area contributed by atoms with Crippen molar-refractivity contribution >= 4 is 23.1 Å². The van der Waals surface area contributed by atoms with Crippen molar-refractivity contribution in [3.63, 3.8) is 0 Å². The van der Waals surface area contributed by atoms with Gasteiger partial charge in [-0.1, -0.05) is 0 Å². The highest BCUT2D eigenvalue weighted by Crippen LogP contribution is 2.18. The summed E-state index contributed by atoms with van der Waals surface area (Å²) in [6, 6.07) is 2.60. The number of hydrogen-bond acceptors (Lipinski definition) is 5. The number of carboxylic acid groups (broad SMARTS) is 1. The number of carboxylic acids is 1. The summed E-state index contributed by atoms with van der Waals surface area (Å²) in [4.78, 5) is 26.7. The minimum Gasteiger partial charge on any atom is -0.475 e. The summed E-state index contributed by atoms with van der Waals surface area (Å²) in [7, 11) is 0. The Balaban J connectivity index is 2.30. The lowest BCUT2D eigenvalue weighted by Crippen LogP contribution is -1.97. The van der Waals surface area contributed by atoms with Gasteiger partial charge in [0.2, 0.25) is 11.5 Å². The number of carbonyl (C=O) groups excluding carboxylic acids is 1. The molecule has 1 N–H and O–H groups in total. The number of aromatic carboxylic acids is 1. The van der Waals surface area contributed by atoms with Gasteiger partial charge in [-0.05, 0) is 19.1 Å². The zero-order valence-corrected chi connectivity index (χ0v) is 9.08. The van der Waals surface area contributed by atoms with Crippen LogP contribution >= 0.6 is 11.3 Å². The van der Waals surface area contributed by atoms with E-state index in [2.05, 4.69) is 4.98 Å². The Kier molecular flexibility index (Phi) is 2.57. The first-order chi connectivity index (χ1) is 7.58. The molecule has 0 saturated carbocycles. The number of thiazole rings is 1. The first-order valence-electron chi connectivity index (χ1n) is 4.38. The Morgan fingerprint density at radius 2 is 2.06 bits per heavy atom. The van der Waals surface area contributed by atoms with Gasteiger partial charge in [-0.25, -0.2) is 9.78 Å². The number of aryl methyl sites for hydroxylation is 1. The molecule has 6 heteroatoms. The molecule has 2 rings (SSSR count). The molecule has 0 aliphatic heterocycles. The molecule has 0 aliphatic carbocycles. The second-order valence-electron chi connectivity index (χ2n) is 3.04. The topological polar surface area (TPSA) is 80.4 Å². The number of ketones is 1. The number of aromatic nitrogens is 1. The van der Waals surface area contributed by atoms with E-state index >= 15 is 0 Å². The third-order valence-electron chi connectivity index (χ3n) is 1.89. The van der Waals surface area contributed by atoms with Crippen molar-refractivity contribution in [2.75, 3.05) is 0 Å². The average molecular weight is 237 g/mol. The molecule has 5 nitrogen and oxygen atoms in total. The smallest absolute Gasteiger partial charge is 0.371 e. The van der Waals surface area contributed by atoms with Gasteiger partial charge in [-0.3, -0.25) is 4.79 Å². The van der Waals surface area contributed by atoms with Gasteiger partial charge in [-0.15, -0.1) is 11.3 Å². The second kappa shape index (κ2) is 3.90. The van der Waals surface area contributed by atoms with E-state index in [4.69, 9.17) is 9.52 Å². The molecular weight excluding hydrogens is 230 g/mol. The maximum Gasteiger partial charge on any atom is 0.371 e. The van der Waals surface area contributed by atoms with Crippen molar-refractivity contribution in [1.82, 2.24) is 4.98 Å². The van der Waals surface area contributed by atoms with E-state index in [1.807, 2.05) is 0 Å². The van der Waals surface area contributed by atoms with Gasteiger partial charge in [0.1, 0.15) is 0 Å². The van der Waals surface area contributed by atoms with Crippen LogP contribution in [-0.4, -0.2) is 21.8 Å². The van der Waals surface area contributed by atoms with Crippen molar-refractivity contribution in [3.8, 4) is 0 Å². The number of rotatable bonds is 3. The number of furan rings is 1. The summed E-state index contributed by atoms with van der Waals surface area (Å²) in [5.41, 5.74) is 0. The lowest BCUT2D eigenvalue weighted by molar-refractivity contribution is 0.0660. The zero-order chi connectivity index (χ0) is 11.7. The molecule has 2 aromatic heterocycles. The van der Waals surface area contributed by atoms with Crippen LogP contribution < -0.4 is 0 Å². The average Bonchev–Trinajstić information content (AvgIpc) is 2.84. The standard InChI is InChI=1S/C10H7NO4S/c1-5-11-4-8(16-5)9(12)6-2-3-7(15-6)10(13)14/h2-4H,1H3,(H,13,14). The van der Waals surface area contributed by atoms with E-state index in [1.165, 1.54) is 29.7 Å². The monoisotopic (exact) mass is 237 g/mol. The van der Waals surface area contributed by atoms with Crippen LogP contribution in [0.15, 0.2) is 22.7 Å². The van der Waals surface area contributed by atoms with E-state index in [0.29, 0.717) is 4.88 Å². The van der Waals surface area contributed by atoms with Crippen molar-refractivity contribution in [3.05, 3.63) is 39.7 Å². The molecule has 0 saturated heterocycles. The molecule has 2 heterocycles. The minimum absolute atomic E-state index is 0.0149. The Morgan fingerprint density at radius 3 is 2.56 bits per heavy atom. The molecule has 0 aromatic carbocycles. The first-order valence-corrected chi connectivity index (χ1v) is 5.20. The van der Waals surface area contributed by atoms with Crippen molar-refractivity contribution < 1.29 is 19.1 Å². The summed E-state index contributed by atoms with van der Waals surface area (Å²) < 4.78 is 4.90. The van der Waals surface area contributed by atoms with Gasteiger partial charge >= 0.3 is 5.97 Å². The van der Waals surface area contributed by atoms with Crippen LogP contribution in [0.3, 0.4) is 0 Å². The van der Waals surface area contributed by atoms with Crippen molar-refractivity contribution in [1.29, 1.82) is 0 Å². The molecule has 2 aromatic rings. The van der Waals surface area contributed by atoms with Crippen LogP contribution in [-0.2, 0) is 0 Å². The van der Waals surface area contributed by atoms with Gasteiger partial charge < -0.3 is 9.52 Å². The molecule has 0 fully saturated rings. The minimum atomic E-state index is -1.19. The summed E-state index contributed by atoms with van der Waals surface area (Å²) in [6.07, 6.45) is 1.45. The summed E-state index contributed by atoms with van der Waals surface area (Å²) in [5, 5.41) is 9.41. The number of carbonyl (C=O) groups is 2. The lowest BCUT2D eigenvalue weighted by Gasteiger charge is -1.90. The maximum absolute atomic E-state index is 11.8. The normalized spacial score (nSPS) is 10.3. The lowest BCUT2D eigenvalue weighted by atomic mass is 10.3. The van der Waals surface area contributed by atoms with E-state index in [1.54, 1.807) is 6.92 Å². The quantitative estimate of drug-likeness (QED) is 0.825. The SMILES string of the molecule is Cc1ncc(C(=O)c2ccc(C(=O)O)o2)s1. The molecule has 0 spiro atoms. The van der Waals surface area contributed by atoms with Crippen LogP contribution in [0.4, 0.5) is 0 Å². The van der Waals surface area contributed by atoms with E-state index in [-0.39, 0.29) is 17.3 Å². The van der Waals surface area contributed by atoms with Crippen LogP contribution in [0.5, 0.6) is 0 Å². The fraction of sp³-hybridized carbons (Fsp3) is 0.100. The first kappa shape index (κ1) is 10.6. The highest BCUT2D eigenvalue weighted by molar-refractivity contribution is 7.13. The second-order valence-corrected chi connectivity index (χ2v) is 4.28. The fourth-order valence-corrected chi connectivity index (χ4v) is 1.88. The third-order valence-corrected chi connectivity index (χ3v) is 2.80. The molecule has 82 valence electrons. The van der Waals surface area contributed by atoms with E-state index < -0.39 is 5.97 Å². The van der Waals surface area contributed by atoms with Gasteiger partial charge in [0.25, 0.3) is 0 Å². The fourth-order valence-electron chi connectivity index (χ4n) is 1.16. The molecule has 0 atom stereocenters. The molecular formula is C10H7NO4S. The van der Waals surface area contributed by atoms with Crippen LogP contribution in [0.1, 0.15) is 31.0 Å². The summed E-state index contributed by atoms with van der Waals surface area (Å²) in [5.74, 6) is -1.77. The maximum atomic E-state index is 11.8. The Bertz CT molecular complexity index is 555. The highest BCUT2D eigenvalue weighted by Gasteiger charge is 2.18. The van der Waals surface area contributed by atoms with Crippen molar-refractivity contribution in [2.24, 2.45) is 0 Å². The molecule has 0 aliphatic rings. The number of hydrogen-bond donors (Lipinski definition) is 1. The van der Waals surface area contributed by atoms with Crippen LogP contribution in [0.25, 0.3) is 0 Å². The molecule has 16 heavy (non-hydrogen) atoms. The van der Waals surface area contributed by atoms with Gasteiger partial charge in [0.05, 0.1) is 9.88 Å². The largest absolute Gasteiger partial charge is 0.475 e. The van der Waals surface area contributed by atoms with Gasteiger partial charge in [-0.2, -0.15) is 0 Å². The molecule has 0 amide bonds. The predicted molar refractivity (Wildman–Crippen MR) is 56.0 cm³/mol. The van der Waals surface area contributed by atoms with Gasteiger partial charge in [0.15, 0.2) is 5.76 Å². The molecule has 0 unspecified atom stereocenters. The third kappa shape index (κ3) is 1.87. The highest BCUT2D eigenvalue weighted by atomic mass is 32.1. The molecule has 0 radical (unpaired) electrons. The molecule has 0 bridgehead atoms.